The molecule has 20 heavy (non-hydrogen) atoms. The van der Waals surface area contributed by atoms with Crippen LogP contribution in [0.15, 0.2) is 0 Å². The highest BCUT2D eigenvalue weighted by atomic mass is 16.4. The predicted molar refractivity (Wildman–Crippen MR) is 68.3 cm³/mol. The van der Waals surface area contributed by atoms with Crippen LogP contribution in [0, 0.1) is 0 Å². The minimum absolute atomic E-state index is 0.469. The smallest absolute Gasteiger partial charge is 0.254 e. The molecule has 4 atom stereocenters. The minimum Gasteiger partial charge on any atom is -0.387 e. The van der Waals surface area contributed by atoms with E-state index in [1.165, 1.54) is 4.90 Å². The number of nitrogens with zero attached hydrogens (tertiary/aromatic N) is 1. The first-order valence-corrected chi connectivity index (χ1v) is 6.66. The summed E-state index contributed by atoms with van der Waals surface area (Å²) in [6.45, 7) is 0.939. The highest BCUT2D eigenvalue weighted by Gasteiger charge is 2.38. The summed E-state index contributed by atoms with van der Waals surface area (Å²) in [4.78, 5) is 24.1. The van der Waals surface area contributed by atoms with Crippen LogP contribution in [-0.4, -0.2) is 74.6 Å². The molecule has 116 valence electrons. The van der Waals surface area contributed by atoms with Crippen molar-refractivity contribution >= 4 is 11.8 Å². The maximum atomic E-state index is 12.0. The van der Waals surface area contributed by atoms with E-state index in [1.54, 1.807) is 0 Å². The van der Waals surface area contributed by atoms with Crippen LogP contribution in [-0.2, 0) is 9.59 Å². The molecule has 0 aromatic heterocycles. The van der Waals surface area contributed by atoms with E-state index in [9.17, 15) is 30.0 Å². The van der Waals surface area contributed by atoms with Gasteiger partial charge < -0.3 is 31.1 Å². The first kappa shape index (κ1) is 16.8. The Labute approximate surface area is 116 Å². The Balaban J connectivity index is 2.64. The second-order valence-corrected chi connectivity index (χ2v) is 5.01. The van der Waals surface area contributed by atoms with Gasteiger partial charge in [0.15, 0.2) is 12.2 Å². The summed E-state index contributed by atoms with van der Waals surface area (Å²) in [6, 6.07) is 0. The molecule has 1 aliphatic heterocycles. The largest absolute Gasteiger partial charge is 0.387 e. The number of rotatable bonds is 5. The topological polar surface area (TPSA) is 144 Å². The van der Waals surface area contributed by atoms with Gasteiger partial charge in [0, 0.05) is 13.1 Å². The number of carbonyl (C=O) groups is 2. The first-order valence-electron chi connectivity index (χ1n) is 6.66. The average molecular weight is 290 g/mol. The van der Waals surface area contributed by atoms with Gasteiger partial charge in [-0.25, -0.2) is 0 Å². The van der Waals surface area contributed by atoms with E-state index in [-0.39, 0.29) is 0 Å². The third-order valence-corrected chi connectivity index (χ3v) is 3.46. The van der Waals surface area contributed by atoms with Crippen molar-refractivity contribution in [3.05, 3.63) is 0 Å². The lowest BCUT2D eigenvalue weighted by molar-refractivity contribution is -0.160. The lowest BCUT2D eigenvalue weighted by Gasteiger charge is -2.28. The van der Waals surface area contributed by atoms with Gasteiger partial charge >= 0.3 is 0 Å². The highest BCUT2D eigenvalue weighted by Crippen LogP contribution is 2.13. The van der Waals surface area contributed by atoms with Gasteiger partial charge in [-0.2, -0.15) is 0 Å². The van der Waals surface area contributed by atoms with E-state index in [1.807, 2.05) is 0 Å². The van der Waals surface area contributed by atoms with Crippen LogP contribution in [0.4, 0.5) is 0 Å². The lowest BCUT2D eigenvalue weighted by Crippen LogP contribution is -2.54. The molecule has 0 unspecified atom stereocenters. The zero-order chi connectivity index (χ0) is 15.3. The van der Waals surface area contributed by atoms with Gasteiger partial charge in [0.25, 0.3) is 5.91 Å². The van der Waals surface area contributed by atoms with Crippen molar-refractivity contribution < 1.29 is 30.0 Å². The summed E-state index contributed by atoms with van der Waals surface area (Å²) >= 11 is 0. The molecule has 0 bridgehead atoms. The molecule has 0 aromatic rings. The number of aliphatic hydroxyl groups excluding tert-OH is 4. The number of hydrogen-bond donors (Lipinski definition) is 5. The van der Waals surface area contributed by atoms with E-state index in [4.69, 9.17) is 5.73 Å². The molecule has 1 saturated heterocycles. The number of carbonyl (C=O) groups excluding carboxylic acids is 2. The number of hydrogen-bond acceptors (Lipinski definition) is 6. The van der Waals surface area contributed by atoms with Crippen LogP contribution >= 0.6 is 0 Å². The van der Waals surface area contributed by atoms with Crippen LogP contribution in [0.5, 0.6) is 0 Å². The van der Waals surface area contributed by atoms with Crippen molar-refractivity contribution in [1.29, 1.82) is 0 Å². The molecule has 0 aliphatic carbocycles. The normalized spacial score (nSPS) is 22.5. The van der Waals surface area contributed by atoms with Crippen molar-refractivity contribution in [2.75, 3.05) is 13.1 Å². The van der Waals surface area contributed by atoms with E-state index in [2.05, 4.69) is 0 Å². The number of primary amides is 1. The van der Waals surface area contributed by atoms with Gasteiger partial charge in [-0.05, 0) is 12.8 Å². The Hall–Kier alpha value is -1.22. The summed E-state index contributed by atoms with van der Waals surface area (Å²) in [5, 5.41) is 38.2. The Kier molecular flexibility index (Phi) is 6.34. The molecule has 0 aromatic carbocycles. The van der Waals surface area contributed by atoms with E-state index in [0.717, 1.165) is 25.7 Å². The zero-order valence-corrected chi connectivity index (χ0v) is 11.2. The molecule has 0 spiro atoms. The van der Waals surface area contributed by atoms with Gasteiger partial charge in [-0.3, -0.25) is 9.59 Å². The van der Waals surface area contributed by atoms with Gasteiger partial charge in [0.05, 0.1) is 0 Å². The summed E-state index contributed by atoms with van der Waals surface area (Å²) in [6.07, 6.45) is -4.35. The van der Waals surface area contributed by atoms with Crippen molar-refractivity contribution in [1.82, 2.24) is 4.90 Å². The monoisotopic (exact) mass is 290 g/mol. The maximum absolute atomic E-state index is 12.0. The SMILES string of the molecule is NC(=O)[C@@H](O)[C@@H](O)[C@H](O)[C@@H](O)C(=O)N1CCCCCC1. The van der Waals surface area contributed by atoms with Crippen LogP contribution in [0.25, 0.3) is 0 Å². The Bertz CT molecular complexity index is 343. The zero-order valence-electron chi connectivity index (χ0n) is 11.2. The molecule has 1 fully saturated rings. The summed E-state index contributed by atoms with van der Waals surface area (Å²) < 4.78 is 0. The number of likely N-dealkylation sites (tertiary alicyclic amines) is 1. The third kappa shape index (κ3) is 4.14. The molecular weight excluding hydrogens is 268 g/mol. The maximum Gasteiger partial charge on any atom is 0.254 e. The Morgan fingerprint density at radius 2 is 1.30 bits per heavy atom. The summed E-state index contributed by atoms with van der Waals surface area (Å²) in [5.41, 5.74) is 4.78. The molecule has 8 heteroatoms. The van der Waals surface area contributed by atoms with Gasteiger partial charge in [-0.1, -0.05) is 12.8 Å². The Morgan fingerprint density at radius 1 is 0.850 bits per heavy atom. The van der Waals surface area contributed by atoms with E-state index in [0.29, 0.717) is 13.1 Å². The molecule has 0 radical (unpaired) electrons. The third-order valence-electron chi connectivity index (χ3n) is 3.46. The first-order chi connectivity index (χ1) is 9.36. The van der Waals surface area contributed by atoms with Gasteiger partial charge in [-0.15, -0.1) is 0 Å². The van der Waals surface area contributed by atoms with Crippen molar-refractivity contribution in [2.24, 2.45) is 5.73 Å². The highest BCUT2D eigenvalue weighted by molar-refractivity contribution is 5.82. The minimum atomic E-state index is -2.04. The fourth-order valence-corrected chi connectivity index (χ4v) is 2.17. The molecule has 1 rings (SSSR count). The molecule has 6 N–H and O–H groups in total. The average Bonchev–Trinajstić information content (AvgIpc) is 2.72. The predicted octanol–water partition coefficient (Wildman–Crippen LogP) is -2.68. The molecule has 2 amide bonds. The van der Waals surface area contributed by atoms with E-state index >= 15 is 0 Å². The van der Waals surface area contributed by atoms with Gasteiger partial charge in [0.2, 0.25) is 5.91 Å². The lowest BCUT2D eigenvalue weighted by atomic mass is 10.0. The Morgan fingerprint density at radius 3 is 1.75 bits per heavy atom. The van der Waals surface area contributed by atoms with Gasteiger partial charge in [0.1, 0.15) is 12.2 Å². The summed E-state index contributed by atoms with van der Waals surface area (Å²) in [5.74, 6) is -1.97. The fourth-order valence-electron chi connectivity index (χ4n) is 2.17. The molecule has 8 nitrogen and oxygen atoms in total. The van der Waals surface area contributed by atoms with Crippen LogP contribution < -0.4 is 5.73 Å². The van der Waals surface area contributed by atoms with Crippen molar-refractivity contribution in [2.45, 2.75) is 50.1 Å². The number of nitrogens with two attached hydrogens (primary N) is 1. The van der Waals surface area contributed by atoms with Crippen LogP contribution in [0.1, 0.15) is 25.7 Å². The van der Waals surface area contributed by atoms with Crippen LogP contribution in [0.2, 0.25) is 0 Å². The molecule has 0 saturated carbocycles. The number of amides is 2. The quantitative estimate of drug-likeness (QED) is 0.373. The van der Waals surface area contributed by atoms with Crippen molar-refractivity contribution in [3.8, 4) is 0 Å². The number of aliphatic hydroxyl groups is 4. The van der Waals surface area contributed by atoms with E-state index < -0.39 is 36.2 Å². The molecule has 1 heterocycles. The molecule has 1 aliphatic rings. The standard InChI is InChI=1S/C12H22N2O6/c13-11(19)9(17)7(15)8(16)10(18)12(20)14-5-3-1-2-4-6-14/h7-10,15-18H,1-6H2,(H2,13,19)/t7-,8-,9-,10+/m0/s1. The fraction of sp³-hybridized carbons (Fsp3) is 0.833. The van der Waals surface area contributed by atoms with Crippen LogP contribution in [0.3, 0.4) is 0 Å². The summed E-state index contributed by atoms with van der Waals surface area (Å²) in [7, 11) is 0. The molecular formula is C12H22N2O6. The second-order valence-electron chi connectivity index (χ2n) is 5.01. The van der Waals surface area contributed by atoms with Crippen molar-refractivity contribution in [3.63, 3.8) is 0 Å². The second kappa shape index (κ2) is 7.53.